The maximum absolute atomic E-state index is 6.45. The van der Waals surface area contributed by atoms with Crippen molar-refractivity contribution in [3.05, 3.63) is 74.7 Å². The monoisotopic (exact) mass is 349 g/mol. The SMILES string of the molecule is Clc1ccc(C2Nc3c(Cl)ccc(Cl)c3C3C=CCC32)cc1. The van der Waals surface area contributed by atoms with Crippen LogP contribution in [0.3, 0.4) is 0 Å². The molecule has 1 aliphatic heterocycles. The quantitative estimate of drug-likeness (QED) is 0.581. The summed E-state index contributed by atoms with van der Waals surface area (Å²) in [6.07, 6.45) is 5.54. The summed E-state index contributed by atoms with van der Waals surface area (Å²) in [5, 5.41) is 5.87. The fourth-order valence-corrected chi connectivity index (χ4v) is 4.26. The first kappa shape index (κ1) is 14.4. The van der Waals surface area contributed by atoms with E-state index in [-0.39, 0.29) is 6.04 Å². The van der Waals surface area contributed by atoms with E-state index in [1.165, 1.54) is 5.56 Å². The predicted molar refractivity (Wildman–Crippen MR) is 94.3 cm³/mol. The fraction of sp³-hybridized carbons (Fsp3) is 0.222. The highest BCUT2D eigenvalue weighted by atomic mass is 35.5. The number of allylic oxidation sites excluding steroid dienone is 2. The predicted octanol–water partition coefficient (Wildman–Crippen LogP) is 6.47. The van der Waals surface area contributed by atoms with Crippen LogP contribution in [-0.2, 0) is 0 Å². The second kappa shape index (κ2) is 5.49. The maximum Gasteiger partial charge on any atom is 0.0641 e. The van der Waals surface area contributed by atoms with Gasteiger partial charge in [0.2, 0.25) is 0 Å². The van der Waals surface area contributed by atoms with Gasteiger partial charge in [0.05, 0.1) is 16.8 Å². The third-order valence-electron chi connectivity index (χ3n) is 4.64. The molecule has 112 valence electrons. The smallest absolute Gasteiger partial charge is 0.0641 e. The minimum absolute atomic E-state index is 0.209. The number of nitrogens with one attached hydrogen (secondary N) is 1. The summed E-state index contributed by atoms with van der Waals surface area (Å²) in [7, 11) is 0. The number of anilines is 1. The van der Waals surface area contributed by atoms with Crippen LogP contribution in [0.4, 0.5) is 5.69 Å². The van der Waals surface area contributed by atoms with Crippen molar-refractivity contribution in [2.24, 2.45) is 5.92 Å². The second-order valence-corrected chi connectivity index (χ2v) is 7.10. The summed E-state index contributed by atoms with van der Waals surface area (Å²) in [5.41, 5.74) is 3.31. The maximum atomic E-state index is 6.45. The Balaban J connectivity index is 1.84. The Labute approximate surface area is 144 Å². The van der Waals surface area contributed by atoms with Crippen molar-refractivity contribution in [1.82, 2.24) is 0 Å². The van der Waals surface area contributed by atoms with Gasteiger partial charge in [0.15, 0.2) is 0 Å². The first-order valence-corrected chi connectivity index (χ1v) is 8.45. The first-order chi connectivity index (χ1) is 10.6. The second-order valence-electron chi connectivity index (χ2n) is 5.84. The molecule has 1 N–H and O–H groups in total. The molecule has 0 amide bonds. The molecule has 0 saturated heterocycles. The number of hydrogen-bond donors (Lipinski definition) is 1. The van der Waals surface area contributed by atoms with Gasteiger partial charge in [0.1, 0.15) is 0 Å². The van der Waals surface area contributed by atoms with Crippen LogP contribution in [0.2, 0.25) is 15.1 Å². The van der Waals surface area contributed by atoms with Crippen molar-refractivity contribution in [2.45, 2.75) is 18.4 Å². The van der Waals surface area contributed by atoms with E-state index in [1.807, 2.05) is 24.3 Å². The molecule has 0 bridgehead atoms. The van der Waals surface area contributed by atoms with E-state index in [0.717, 1.165) is 32.7 Å². The molecule has 0 spiro atoms. The molecule has 3 atom stereocenters. The highest BCUT2D eigenvalue weighted by Gasteiger charge is 2.39. The van der Waals surface area contributed by atoms with Gasteiger partial charge in [0.25, 0.3) is 0 Å². The third-order valence-corrected chi connectivity index (χ3v) is 5.54. The zero-order valence-corrected chi connectivity index (χ0v) is 14.0. The Bertz CT molecular complexity index is 752. The number of fused-ring (bicyclic) bond motifs is 3. The molecule has 2 aliphatic rings. The molecule has 4 rings (SSSR count). The first-order valence-electron chi connectivity index (χ1n) is 7.31. The normalized spacial score (nSPS) is 25.5. The van der Waals surface area contributed by atoms with E-state index in [1.54, 1.807) is 0 Å². The zero-order chi connectivity index (χ0) is 15.3. The zero-order valence-electron chi connectivity index (χ0n) is 11.7. The van der Waals surface area contributed by atoms with Gasteiger partial charge in [-0.2, -0.15) is 0 Å². The molecule has 2 aromatic carbocycles. The van der Waals surface area contributed by atoms with Gasteiger partial charge < -0.3 is 5.32 Å². The fourth-order valence-electron chi connectivity index (χ4n) is 3.63. The van der Waals surface area contributed by atoms with E-state index in [9.17, 15) is 0 Å². The van der Waals surface area contributed by atoms with Crippen LogP contribution in [0.25, 0.3) is 0 Å². The highest BCUT2D eigenvalue weighted by Crippen LogP contribution is 2.53. The van der Waals surface area contributed by atoms with Crippen molar-refractivity contribution in [2.75, 3.05) is 5.32 Å². The van der Waals surface area contributed by atoms with Crippen molar-refractivity contribution in [3.8, 4) is 0 Å². The Morgan fingerprint density at radius 3 is 2.41 bits per heavy atom. The van der Waals surface area contributed by atoms with Gasteiger partial charge in [-0.1, -0.05) is 59.1 Å². The lowest BCUT2D eigenvalue weighted by atomic mass is 9.77. The highest BCUT2D eigenvalue weighted by molar-refractivity contribution is 6.36. The van der Waals surface area contributed by atoms with E-state index in [2.05, 4.69) is 29.6 Å². The summed E-state index contributed by atoms with van der Waals surface area (Å²) in [6, 6.07) is 12.0. The molecule has 22 heavy (non-hydrogen) atoms. The van der Waals surface area contributed by atoms with Crippen LogP contribution >= 0.6 is 34.8 Å². The largest absolute Gasteiger partial charge is 0.376 e. The summed E-state index contributed by atoms with van der Waals surface area (Å²) >= 11 is 18.9. The minimum atomic E-state index is 0.209. The van der Waals surface area contributed by atoms with Crippen LogP contribution in [0.15, 0.2) is 48.6 Å². The Morgan fingerprint density at radius 2 is 1.64 bits per heavy atom. The number of hydrogen-bond acceptors (Lipinski definition) is 1. The van der Waals surface area contributed by atoms with Crippen molar-refractivity contribution < 1.29 is 0 Å². The van der Waals surface area contributed by atoms with Crippen molar-refractivity contribution in [1.29, 1.82) is 0 Å². The number of halogens is 3. The van der Waals surface area contributed by atoms with E-state index < -0.39 is 0 Å². The summed E-state index contributed by atoms with van der Waals surface area (Å²) in [5.74, 6) is 0.757. The van der Waals surface area contributed by atoms with Gasteiger partial charge in [-0.15, -0.1) is 0 Å². The average molecular weight is 351 g/mol. The molecule has 0 fully saturated rings. The molecule has 4 heteroatoms. The lowest BCUT2D eigenvalue weighted by Gasteiger charge is -2.38. The van der Waals surface area contributed by atoms with Gasteiger partial charge >= 0.3 is 0 Å². The van der Waals surface area contributed by atoms with Crippen LogP contribution in [0.1, 0.15) is 29.5 Å². The van der Waals surface area contributed by atoms with Crippen LogP contribution in [0.5, 0.6) is 0 Å². The van der Waals surface area contributed by atoms with Gasteiger partial charge in [-0.3, -0.25) is 0 Å². The van der Waals surface area contributed by atoms with Crippen LogP contribution < -0.4 is 5.32 Å². The van der Waals surface area contributed by atoms with Gasteiger partial charge in [-0.05, 0) is 42.2 Å². The average Bonchev–Trinajstić information content (AvgIpc) is 3.00. The molecular weight excluding hydrogens is 337 g/mol. The molecule has 0 aromatic heterocycles. The molecule has 0 saturated carbocycles. The lowest BCUT2D eigenvalue weighted by molar-refractivity contribution is 0.426. The van der Waals surface area contributed by atoms with E-state index in [0.29, 0.717) is 11.8 Å². The lowest BCUT2D eigenvalue weighted by Crippen LogP contribution is -2.29. The van der Waals surface area contributed by atoms with Crippen molar-refractivity contribution >= 4 is 40.5 Å². The standard InChI is InChI=1S/C18H14Cl3N/c19-11-6-4-10(5-7-11)17-13-3-1-2-12(13)16-14(20)8-9-15(21)18(16)22-17/h1-2,4-9,12-13,17,22H,3H2. The number of benzene rings is 2. The third kappa shape index (κ3) is 2.23. The Morgan fingerprint density at radius 1 is 0.909 bits per heavy atom. The minimum Gasteiger partial charge on any atom is -0.376 e. The van der Waals surface area contributed by atoms with Crippen LogP contribution in [-0.4, -0.2) is 0 Å². The summed E-state index contributed by atoms with van der Waals surface area (Å²) in [6.45, 7) is 0. The number of rotatable bonds is 1. The van der Waals surface area contributed by atoms with Gasteiger partial charge in [-0.25, -0.2) is 0 Å². The van der Waals surface area contributed by atoms with Crippen molar-refractivity contribution in [3.63, 3.8) is 0 Å². The molecule has 1 nitrogen and oxygen atoms in total. The molecule has 3 unspecified atom stereocenters. The van der Waals surface area contributed by atoms with Gasteiger partial charge in [0, 0.05) is 21.5 Å². The molecule has 1 aliphatic carbocycles. The Kier molecular flexibility index (Phi) is 3.60. The van der Waals surface area contributed by atoms with E-state index >= 15 is 0 Å². The molecule has 1 heterocycles. The molecular formula is C18H14Cl3N. The summed E-state index contributed by atoms with van der Waals surface area (Å²) in [4.78, 5) is 0. The van der Waals surface area contributed by atoms with E-state index in [4.69, 9.17) is 34.8 Å². The molecule has 2 aromatic rings. The topological polar surface area (TPSA) is 12.0 Å². The Hall–Kier alpha value is -1.15. The van der Waals surface area contributed by atoms with Crippen LogP contribution in [0, 0.1) is 5.92 Å². The summed E-state index contributed by atoms with van der Waals surface area (Å²) < 4.78 is 0. The molecule has 0 radical (unpaired) electrons.